The van der Waals surface area contributed by atoms with Crippen LogP contribution in [0.25, 0.3) is 0 Å². The van der Waals surface area contributed by atoms with E-state index in [4.69, 9.17) is 11.6 Å². The van der Waals surface area contributed by atoms with Crippen molar-refractivity contribution in [1.82, 2.24) is 15.1 Å². The Kier molecular flexibility index (Phi) is 5.28. The van der Waals surface area contributed by atoms with Crippen LogP contribution in [0.5, 0.6) is 0 Å². The molecule has 4 heteroatoms. The normalized spacial score (nSPS) is 18.1. The van der Waals surface area contributed by atoms with Crippen LogP contribution in [0.1, 0.15) is 50.4 Å². The summed E-state index contributed by atoms with van der Waals surface area (Å²) in [4.78, 5) is 0. The lowest BCUT2D eigenvalue weighted by molar-refractivity contribution is 0.357. The third-order valence-electron chi connectivity index (χ3n) is 4.48. The molecule has 1 saturated carbocycles. The summed E-state index contributed by atoms with van der Waals surface area (Å²) < 4.78 is 2.05. The molecule has 1 N–H and O–H groups in total. The van der Waals surface area contributed by atoms with Gasteiger partial charge in [-0.3, -0.25) is 4.68 Å². The van der Waals surface area contributed by atoms with E-state index in [1.54, 1.807) is 0 Å². The van der Waals surface area contributed by atoms with Crippen LogP contribution in [0.2, 0.25) is 5.02 Å². The molecule has 0 bridgehead atoms. The minimum Gasteiger partial charge on any atom is -0.317 e. The van der Waals surface area contributed by atoms with Crippen molar-refractivity contribution in [2.24, 2.45) is 5.92 Å². The predicted octanol–water partition coefficient (Wildman–Crippen LogP) is 3.58. The van der Waals surface area contributed by atoms with Crippen LogP contribution in [-0.4, -0.2) is 22.9 Å². The molecule has 1 unspecified atom stereocenters. The number of aromatic nitrogens is 2. The van der Waals surface area contributed by atoms with E-state index in [1.807, 2.05) is 6.92 Å². The molecule has 0 saturated heterocycles. The smallest absolute Gasteiger partial charge is 0.0847 e. The van der Waals surface area contributed by atoms with E-state index in [2.05, 4.69) is 29.1 Å². The Labute approximate surface area is 121 Å². The van der Waals surface area contributed by atoms with Gasteiger partial charge in [0.25, 0.3) is 0 Å². The van der Waals surface area contributed by atoms with Crippen molar-refractivity contribution in [3.8, 4) is 0 Å². The Bertz CT molecular complexity index is 408. The third kappa shape index (κ3) is 3.32. The van der Waals surface area contributed by atoms with Gasteiger partial charge in [-0.05, 0) is 52.5 Å². The Balaban J connectivity index is 2.00. The van der Waals surface area contributed by atoms with Gasteiger partial charge in [0.2, 0.25) is 0 Å². The Hall–Kier alpha value is -0.540. The summed E-state index contributed by atoms with van der Waals surface area (Å²) in [6, 6.07) is 0.624. The number of hydrogen-bond donors (Lipinski definition) is 1. The van der Waals surface area contributed by atoms with E-state index >= 15 is 0 Å². The number of rotatable bonds is 6. The standard InChI is InChI=1S/C15H26ClN3/c1-4-19-14(15(16)11(2)18-19)10-9-13(17-3)12-7-5-6-8-12/h12-13,17H,4-10H2,1-3H3. The van der Waals surface area contributed by atoms with E-state index in [0.717, 1.165) is 36.0 Å². The van der Waals surface area contributed by atoms with Crippen molar-refractivity contribution in [1.29, 1.82) is 0 Å². The number of hydrogen-bond acceptors (Lipinski definition) is 2. The van der Waals surface area contributed by atoms with Crippen LogP contribution in [-0.2, 0) is 13.0 Å². The molecule has 1 aromatic heterocycles. The molecule has 19 heavy (non-hydrogen) atoms. The molecule has 3 nitrogen and oxygen atoms in total. The van der Waals surface area contributed by atoms with Gasteiger partial charge in [-0.1, -0.05) is 24.4 Å². The largest absolute Gasteiger partial charge is 0.317 e. The zero-order valence-electron chi connectivity index (χ0n) is 12.4. The molecule has 0 amide bonds. The molecule has 1 aromatic rings. The van der Waals surface area contributed by atoms with Gasteiger partial charge in [-0.2, -0.15) is 5.10 Å². The lowest BCUT2D eigenvalue weighted by Crippen LogP contribution is -2.32. The Morgan fingerprint density at radius 3 is 2.68 bits per heavy atom. The highest BCUT2D eigenvalue weighted by Crippen LogP contribution is 2.30. The highest BCUT2D eigenvalue weighted by Gasteiger charge is 2.24. The zero-order valence-corrected chi connectivity index (χ0v) is 13.1. The van der Waals surface area contributed by atoms with E-state index in [9.17, 15) is 0 Å². The lowest BCUT2D eigenvalue weighted by Gasteiger charge is -2.23. The Morgan fingerprint density at radius 1 is 1.42 bits per heavy atom. The predicted molar refractivity (Wildman–Crippen MR) is 80.8 cm³/mol. The minimum atomic E-state index is 0.624. The van der Waals surface area contributed by atoms with Gasteiger partial charge in [0.15, 0.2) is 0 Å². The minimum absolute atomic E-state index is 0.624. The molecule has 0 spiro atoms. The molecule has 108 valence electrons. The first kappa shape index (κ1) is 14.9. The summed E-state index contributed by atoms with van der Waals surface area (Å²) in [6.07, 6.45) is 7.74. The van der Waals surface area contributed by atoms with Crippen LogP contribution < -0.4 is 5.32 Å². The maximum absolute atomic E-state index is 6.38. The van der Waals surface area contributed by atoms with Gasteiger partial charge in [0.05, 0.1) is 16.4 Å². The number of nitrogens with zero attached hydrogens (tertiary/aromatic N) is 2. The average molecular weight is 284 g/mol. The van der Waals surface area contributed by atoms with E-state index < -0.39 is 0 Å². The summed E-state index contributed by atoms with van der Waals surface area (Å²) in [5.74, 6) is 0.850. The summed E-state index contributed by atoms with van der Waals surface area (Å²) >= 11 is 6.38. The van der Waals surface area contributed by atoms with Crippen LogP contribution in [0.3, 0.4) is 0 Å². The molecule has 0 radical (unpaired) electrons. The molecule has 0 aliphatic heterocycles. The molecule has 2 rings (SSSR count). The summed E-state index contributed by atoms with van der Waals surface area (Å²) in [6.45, 7) is 5.01. The molecular weight excluding hydrogens is 258 g/mol. The fraction of sp³-hybridized carbons (Fsp3) is 0.800. The summed E-state index contributed by atoms with van der Waals surface area (Å²) in [7, 11) is 2.09. The van der Waals surface area contributed by atoms with Crippen molar-refractivity contribution >= 4 is 11.6 Å². The number of aryl methyl sites for hydroxylation is 2. The van der Waals surface area contributed by atoms with E-state index in [-0.39, 0.29) is 0 Å². The molecule has 1 fully saturated rings. The second-order valence-corrected chi connectivity index (χ2v) is 6.02. The molecule has 1 aliphatic rings. The lowest BCUT2D eigenvalue weighted by atomic mass is 9.93. The first-order valence-electron chi connectivity index (χ1n) is 7.56. The SMILES string of the molecule is CCn1nc(C)c(Cl)c1CCC(NC)C1CCCC1. The second kappa shape index (κ2) is 6.76. The van der Waals surface area contributed by atoms with Crippen molar-refractivity contribution in [2.45, 2.75) is 65.0 Å². The highest BCUT2D eigenvalue weighted by atomic mass is 35.5. The van der Waals surface area contributed by atoms with Crippen LogP contribution in [0, 0.1) is 12.8 Å². The number of halogens is 1. The number of nitrogens with one attached hydrogen (secondary N) is 1. The molecular formula is C15H26ClN3. The van der Waals surface area contributed by atoms with Crippen LogP contribution >= 0.6 is 11.6 Å². The highest BCUT2D eigenvalue weighted by molar-refractivity contribution is 6.31. The zero-order chi connectivity index (χ0) is 13.8. The molecule has 1 atom stereocenters. The third-order valence-corrected chi connectivity index (χ3v) is 4.98. The summed E-state index contributed by atoms with van der Waals surface area (Å²) in [5.41, 5.74) is 2.17. The van der Waals surface area contributed by atoms with Gasteiger partial charge >= 0.3 is 0 Å². The first-order valence-corrected chi connectivity index (χ1v) is 7.94. The van der Waals surface area contributed by atoms with Crippen molar-refractivity contribution in [3.63, 3.8) is 0 Å². The van der Waals surface area contributed by atoms with Crippen molar-refractivity contribution in [2.75, 3.05) is 7.05 Å². The van der Waals surface area contributed by atoms with E-state index in [1.165, 1.54) is 31.4 Å². The fourth-order valence-electron chi connectivity index (χ4n) is 3.38. The fourth-order valence-corrected chi connectivity index (χ4v) is 3.61. The van der Waals surface area contributed by atoms with Crippen LogP contribution in [0.15, 0.2) is 0 Å². The quantitative estimate of drug-likeness (QED) is 0.865. The molecule has 1 heterocycles. The second-order valence-electron chi connectivity index (χ2n) is 5.64. The van der Waals surface area contributed by atoms with Gasteiger partial charge in [-0.15, -0.1) is 0 Å². The van der Waals surface area contributed by atoms with Crippen molar-refractivity contribution in [3.05, 3.63) is 16.4 Å². The first-order chi connectivity index (χ1) is 9.17. The topological polar surface area (TPSA) is 29.9 Å². The van der Waals surface area contributed by atoms with Crippen LogP contribution in [0.4, 0.5) is 0 Å². The van der Waals surface area contributed by atoms with Gasteiger partial charge in [-0.25, -0.2) is 0 Å². The van der Waals surface area contributed by atoms with Gasteiger partial charge in [0.1, 0.15) is 0 Å². The average Bonchev–Trinajstić information content (AvgIpc) is 3.02. The summed E-state index contributed by atoms with van der Waals surface area (Å²) in [5, 5.41) is 8.86. The maximum atomic E-state index is 6.38. The molecule has 0 aromatic carbocycles. The van der Waals surface area contributed by atoms with Gasteiger partial charge < -0.3 is 5.32 Å². The maximum Gasteiger partial charge on any atom is 0.0847 e. The molecule has 1 aliphatic carbocycles. The van der Waals surface area contributed by atoms with Gasteiger partial charge in [0, 0.05) is 12.6 Å². The van der Waals surface area contributed by atoms with E-state index in [0.29, 0.717) is 6.04 Å². The monoisotopic (exact) mass is 283 g/mol. The van der Waals surface area contributed by atoms with Crippen molar-refractivity contribution < 1.29 is 0 Å². The Morgan fingerprint density at radius 2 is 2.11 bits per heavy atom.